The summed E-state index contributed by atoms with van der Waals surface area (Å²) < 4.78 is 17.8. The molecule has 0 aliphatic carbocycles. The van der Waals surface area contributed by atoms with E-state index in [0.717, 1.165) is 5.56 Å². The molecule has 0 radical (unpaired) electrons. The van der Waals surface area contributed by atoms with Crippen molar-refractivity contribution in [2.24, 2.45) is 5.73 Å². The quantitative estimate of drug-likeness (QED) is 0.816. The fourth-order valence-corrected chi connectivity index (χ4v) is 1.44. The van der Waals surface area contributed by atoms with Gasteiger partial charge in [0.05, 0.1) is 12.1 Å². The summed E-state index contributed by atoms with van der Waals surface area (Å²) in [6.45, 7) is 0.460. The van der Waals surface area contributed by atoms with Crippen LogP contribution in [0.4, 0.5) is 4.39 Å². The molecular weight excluding hydrogens is 193 g/mol. The van der Waals surface area contributed by atoms with E-state index < -0.39 is 5.82 Å². The molecular formula is C9H11ClFNO. The summed E-state index contributed by atoms with van der Waals surface area (Å²) in [6.07, 6.45) is 0.586. The molecule has 4 heteroatoms. The van der Waals surface area contributed by atoms with Gasteiger partial charge in [-0.25, -0.2) is 4.39 Å². The Bertz CT molecular complexity index is 304. The summed E-state index contributed by atoms with van der Waals surface area (Å²) >= 11 is 5.82. The molecule has 0 spiro atoms. The Balaban J connectivity index is 3.13. The van der Waals surface area contributed by atoms with Crippen LogP contribution < -0.4 is 10.5 Å². The molecule has 0 bridgehead atoms. The van der Waals surface area contributed by atoms with Crippen molar-refractivity contribution in [1.82, 2.24) is 0 Å². The van der Waals surface area contributed by atoms with Crippen LogP contribution in [0.5, 0.6) is 5.75 Å². The van der Waals surface area contributed by atoms with Crippen LogP contribution in [-0.2, 0) is 6.42 Å². The smallest absolute Gasteiger partial charge is 0.128 e. The highest BCUT2D eigenvalue weighted by molar-refractivity contribution is 6.31. The number of halogens is 2. The first kappa shape index (κ1) is 10.3. The van der Waals surface area contributed by atoms with E-state index in [4.69, 9.17) is 22.1 Å². The average molecular weight is 204 g/mol. The van der Waals surface area contributed by atoms with Crippen molar-refractivity contribution in [2.75, 3.05) is 13.7 Å². The van der Waals surface area contributed by atoms with Crippen molar-refractivity contribution in [3.63, 3.8) is 0 Å². The largest absolute Gasteiger partial charge is 0.496 e. The highest BCUT2D eigenvalue weighted by Crippen LogP contribution is 2.27. The second-order valence-electron chi connectivity index (χ2n) is 2.61. The molecule has 2 nitrogen and oxygen atoms in total. The summed E-state index contributed by atoms with van der Waals surface area (Å²) in [5.41, 5.74) is 6.14. The minimum atomic E-state index is -0.400. The number of ether oxygens (including phenoxy) is 1. The first-order valence-corrected chi connectivity index (χ1v) is 4.28. The van der Waals surface area contributed by atoms with Gasteiger partial charge in [-0.05, 0) is 19.0 Å². The van der Waals surface area contributed by atoms with Gasteiger partial charge in [-0.1, -0.05) is 11.6 Å². The van der Waals surface area contributed by atoms with Gasteiger partial charge in [-0.2, -0.15) is 0 Å². The number of methoxy groups -OCH3 is 1. The number of hydrogen-bond acceptors (Lipinski definition) is 2. The van der Waals surface area contributed by atoms with Crippen LogP contribution in [0.3, 0.4) is 0 Å². The van der Waals surface area contributed by atoms with Crippen molar-refractivity contribution < 1.29 is 9.13 Å². The topological polar surface area (TPSA) is 35.2 Å². The first-order valence-electron chi connectivity index (χ1n) is 3.91. The van der Waals surface area contributed by atoms with Crippen molar-refractivity contribution in [3.8, 4) is 5.75 Å². The normalized spacial score (nSPS) is 10.2. The maximum Gasteiger partial charge on any atom is 0.128 e. The summed E-state index contributed by atoms with van der Waals surface area (Å²) in [5.74, 6) is 0.0538. The lowest BCUT2D eigenvalue weighted by Crippen LogP contribution is -2.05. The van der Waals surface area contributed by atoms with E-state index in [-0.39, 0.29) is 0 Å². The van der Waals surface area contributed by atoms with Crippen LogP contribution in [0.15, 0.2) is 12.1 Å². The molecule has 1 aromatic rings. The molecule has 0 heterocycles. The van der Waals surface area contributed by atoms with Crippen molar-refractivity contribution in [3.05, 3.63) is 28.5 Å². The second-order valence-corrected chi connectivity index (χ2v) is 3.01. The van der Waals surface area contributed by atoms with Gasteiger partial charge in [0, 0.05) is 11.6 Å². The molecule has 0 saturated heterocycles. The van der Waals surface area contributed by atoms with E-state index in [9.17, 15) is 4.39 Å². The number of benzene rings is 1. The van der Waals surface area contributed by atoms with Crippen LogP contribution >= 0.6 is 11.6 Å². The molecule has 72 valence electrons. The van der Waals surface area contributed by atoms with E-state index in [1.165, 1.54) is 19.2 Å². The molecule has 1 rings (SSSR count). The monoisotopic (exact) mass is 203 g/mol. The molecule has 0 aromatic heterocycles. The van der Waals surface area contributed by atoms with E-state index in [1.54, 1.807) is 0 Å². The zero-order chi connectivity index (χ0) is 9.84. The predicted molar refractivity (Wildman–Crippen MR) is 50.7 cm³/mol. The van der Waals surface area contributed by atoms with Crippen LogP contribution in [-0.4, -0.2) is 13.7 Å². The van der Waals surface area contributed by atoms with Crippen LogP contribution in [0.1, 0.15) is 5.56 Å². The van der Waals surface area contributed by atoms with Gasteiger partial charge in [0.1, 0.15) is 11.6 Å². The number of rotatable bonds is 3. The second kappa shape index (κ2) is 4.44. The Morgan fingerprint density at radius 2 is 2.23 bits per heavy atom. The molecule has 13 heavy (non-hydrogen) atoms. The van der Waals surface area contributed by atoms with Crippen LogP contribution in [0, 0.1) is 5.82 Å². The molecule has 2 N–H and O–H groups in total. The molecule has 0 aliphatic heterocycles. The van der Waals surface area contributed by atoms with E-state index in [2.05, 4.69) is 0 Å². The molecule has 0 aliphatic rings. The molecule has 0 unspecified atom stereocenters. The predicted octanol–water partition coefficient (Wildman–Crippen LogP) is 1.99. The van der Waals surface area contributed by atoms with E-state index in [0.29, 0.717) is 23.7 Å². The summed E-state index contributed by atoms with van der Waals surface area (Å²) in [5, 5.41) is 0.363. The Morgan fingerprint density at radius 3 is 2.77 bits per heavy atom. The van der Waals surface area contributed by atoms with Crippen LogP contribution in [0.25, 0.3) is 0 Å². The lowest BCUT2D eigenvalue weighted by atomic mass is 10.1. The zero-order valence-corrected chi connectivity index (χ0v) is 8.07. The Hall–Kier alpha value is -0.800. The fraction of sp³-hybridized carbons (Fsp3) is 0.333. The molecule has 0 saturated carbocycles. The lowest BCUT2D eigenvalue weighted by molar-refractivity contribution is 0.406. The highest BCUT2D eigenvalue weighted by Gasteiger charge is 2.09. The number of nitrogens with two attached hydrogens (primary N) is 1. The third-order valence-electron chi connectivity index (χ3n) is 1.73. The Kier molecular flexibility index (Phi) is 3.51. The molecule has 0 fully saturated rings. The minimum Gasteiger partial charge on any atom is -0.496 e. The summed E-state index contributed by atoms with van der Waals surface area (Å²) in [6, 6.07) is 2.56. The Morgan fingerprint density at radius 1 is 1.54 bits per heavy atom. The zero-order valence-electron chi connectivity index (χ0n) is 7.31. The van der Waals surface area contributed by atoms with Gasteiger partial charge < -0.3 is 10.5 Å². The molecule has 1 aromatic carbocycles. The maximum atomic E-state index is 12.8. The van der Waals surface area contributed by atoms with Gasteiger partial charge in [0.2, 0.25) is 0 Å². The maximum absolute atomic E-state index is 12.8. The summed E-state index contributed by atoms with van der Waals surface area (Å²) in [7, 11) is 1.48. The molecule has 0 amide bonds. The van der Waals surface area contributed by atoms with Gasteiger partial charge >= 0.3 is 0 Å². The minimum absolute atomic E-state index is 0.363. The third-order valence-corrected chi connectivity index (χ3v) is 2.07. The van der Waals surface area contributed by atoms with Crippen molar-refractivity contribution in [1.29, 1.82) is 0 Å². The SMILES string of the molecule is COc1cc(F)cc(Cl)c1CCN. The van der Waals surface area contributed by atoms with Gasteiger partial charge in [0.25, 0.3) is 0 Å². The van der Waals surface area contributed by atoms with E-state index in [1.807, 2.05) is 0 Å². The number of hydrogen-bond donors (Lipinski definition) is 1. The standard InChI is InChI=1S/C9H11ClFNO/c1-13-9-5-6(11)4-8(10)7(9)2-3-12/h4-5H,2-3,12H2,1H3. The van der Waals surface area contributed by atoms with Gasteiger partial charge in [0.15, 0.2) is 0 Å². The molecule has 0 atom stereocenters. The van der Waals surface area contributed by atoms with Gasteiger partial charge in [-0.3, -0.25) is 0 Å². The fourth-order valence-electron chi connectivity index (χ4n) is 1.15. The van der Waals surface area contributed by atoms with Crippen LogP contribution in [0.2, 0.25) is 5.02 Å². The van der Waals surface area contributed by atoms with E-state index >= 15 is 0 Å². The van der Waals surface area contributed by atoms with Gasteiger partial charge in [-0.15, -0.1) is 0 Å². The highest BCUT2D eigenvalue weighted by atomic mass is 35.5. The lowest BCUT2D eigenvalue weighted by Gasteiger charge is -2.09. The van der Waals surface area contributed by atoms with Crippen molar-refractivity contribution in [2.45, 2.75) is 6.42 Å². The average Bonchev–Trinajstić information content (AvgIpc) is 2.09. The Labute approximate surface area is 81.4 Å². The van der Waals surface area contributed by atoms with Crippen molar-refractivity contribution >= 4 is 11.6 Å². The first-order chi connectivity index (χ1) is 6.19. The third kappa shape index (κ3) is 2.32. The summed E-state index contributed by atoms with van der Waals surface area (Å²) in [4.78, 5) is 0.